The first kappa shape index (κ1) is 17.6. The molecule has 0 saturated carbocycles. The number of nitrogens with zero attached hydrogens (tertiary/aromatic N) is 2. The Kier molecular flexibility index (Phi) is 5.79. The van der Waals surface area contributed by atoms with E-state index in [9.17, 15) is 9.59 Å². The van der Waals surface area contributed by atoms with Crippen molar-refractivity contribution in [1.29, 1.82) is 0 Å². The molecule has 2 aliphatic rings. The fourth-order valence-corrected chi connectivity index (χ4v) is 3.47. The van der Waals surface area contributed by atoms with Crippen molar-refractivity contribution in [3.8, 4) is 11.5 Å². The van der Waals surface area contributed by atoms with Gasteiger partial charge in [-0.2, -0.15) is 0 Å². The van der Waals surface area contributed by atoms with Gasteiger partial charge in [0.2, 0.25) is 11.8 Å². The topological polar surface area (TPSA) is 59.1 Å². The molecule has 2 amide bonds. The number of carbonyl (C=O) groups excluding carboxylic acids is 2. The van der Waals surface area contributed by atoms with Crippen molar-refractivity contribution in [2.75, 3.05) is 39.9 Å². The van der Waals surface area contributed by atoms with Gasteiger partial charge in [0.05, 0.1) is 20.3 Å². The summed E-state index contributed by atoms with van der Waals surface area (Å²) < 4.78 is 11.1. The molecule has 2 saturated heterocycles. The van der Waals surface area contributed by atoms with Crippen LogP contribution in [0.2, 0.25) is 0 Å². The molecule has 1 aromatic carbocycles. The van der Waals surface area contributed by atoms with E-state index in [0.29, 0.717) is 32.0 Å². The molecule has 0 aromatic heterocycles. The number of ether oxygens (including phenoxy) is 2. The van der Waals surface area contributed by atoms with Crippen LogP contribution in [0, 0.1) is 5.92 Å². The van der Waals surface area contributed by atoms with Gasteiger partial charge in [0.25, 0.3) is 0 Å². The minimum absolute atomic E-state index is 0.0568. The molecule has 25 heavy (non-hydrogen) atoms. The molecule has 1 unspecified atom stereocenters. The first-order valence-electron chi connectivity index (χ1n) is 8.98. The van der Waals surface area contributed by atoms with Crippen LogP contribution in [-0.4, -0.2) is 61.5 Å². The van der Waals surface area contributed by atoms with Crippen LogP contribution in [0.5, 0.6) is 11.5 Å². The van der Waals surface area contributed by atoms with Crippen LogP contribution < -0.4 is 9.47 Å². The SMILES string of the molecule is COc1cccc(OCC2CCCN(C(=O)CN3CCCC3=O)C2)c1. The summed E-state index contributed by atoms with van der Waals surface area (Å²) in [7, 11) is 1.63. The molecular formula is C19H26N2O4. The van der Waals surface area contributed by atoms with Crippen LogP contribution in [0.1, 0.15) is 25.7 Å². The second-order valence-corrected chi connectivity index (χ2v) is 6.76. The average molecular weight is 346 g/mol. The van der Waals surface area contributed by atoms with E-state index in [1.807, 2.05) is 29.2 Å². The Morgan fingerprint density at radius 1 is 1.24 bits per heavy atom. The van der Waals surface area contributed by atoms with E-state index in [4.69, 9.17) is 9.47 Å². The lowest BCUT2D eigenvalue weighted by molar-refractivity contribution is -0.139. The highest BCUT2D eigenvalue weighted by molar-refractivity contribution is 5.85. The maximum Gasteiger partial charge on any atom is 0.242 e. The van der Waals surface area contributed by atoms with E-state index < -0.39 is 0 Å². The number of likely N-dealkylation sites (tertiary alicyclic amines) is 2. The minimum atomic E-state index is 0.0568. The zero-order chi connectivity index (χ0) is 17.6. The van der Waals surface area contributed by atoms with Crippen molar-refractivity contribution < 1.29 is 19.1 Å². The number of benzene rings is 1. The number of carbonyl (C=O) groups is 2. The molecule has 2 aliphatic heterocycles. The first-order valence-corrected chi connectivity index (χ1v) is 8.98. The summed E-state index contributed by atoms with van der Waals surface area (Å²) in [6.45, 7) is 2.99. The molecule has 1 aromatic rings. The van der Waals surface area contributed by atoms with E-state index in [2.05, 4.69) is 0 Å². The molecule has 0 N–H and O–H groups in total. The number of hydrogen-bond acceptors (Lipinski definition) is 4. The predicted molar refractivity (Wildman–Crippen MR) is 93.6 cm³/mol. The highest BCUT2D eigenvalue weighted by Crippen LogP contribution is 2.22. The molecule has 2 heterocycles. The van der Waals surface area contributed by atoms with Crippen LogP contribution in [-0.2, 0) is 9.59 Å². The third-order valence-electron chi connectivity index (χ3n) is 4.90. The lowest BCUT2D eigenvalue weighted by Gasteiger charge is -2.33. The van der Waals surface area contributed by atoms with Gasteiger partial charge in [0.15, 0.2) is 0 Å². The predicted octanol–water partition coefficient (Wildman–Crippen LogP) is 1.93. The van der Waals surface area contributed by atoms with E-state index in [1.54, 1.807) is 12.0 Å². The Bertz CT molecular complexity index is 619. The second kappa shape index (κ2) is 8.23. The Balaban J connectivity index is 1.48. The molecule has 3 rings (SSSR count). The monoisotopic (exact) mass is 346 g/mol. The fourth-order valence-electron chi connectivity index (χ4n) is 3.47. The highest BCUT2D eigenvalue weighted by atomic mass is 16.5. The quantitative estimate of drug-likeness (QED) is 0.790. The lowest BCUT2D eigenvalue weighted by atomic mass is 9.99. The summed E-state index contributed by atoms with van der Waals surface area (Å²) in [5, 5.41) is 0. The Labute approximate surface area is 148 Å². The van der Waals surface area contributed by atoms with Crippen molar-refractivity contribution in [2.45, 2.75) is 25.7 Å². The number of piperidine rings is 1. The van der Waals surface area contributed by atoms with Gasteiger partial charge in [-0.3, -0.25) is 9.59 Å². The van der Waals surface area contributed by atoms with Crippen LogP contribution in [0.4, 0.5) is 0 Å². The van der Waals surface area contributed by atoms with Gasteiger partial charge < -0.3 is 19.3 Å². The molecule has 0 bridgehead atoms. The number of amides is 2. The Morgan fingerprint density at radius 3 is 2.84 bits per heavy atom. The van der Waals surface area contributed by atoms with Crippen LogP contribution in [0.25, 0.3) is 0 Å². The average Bonchev–Trinajstić information content (AvgIpc) is 3.05. The molecule has 136 valence electrons. The fraction of sp³-hybridized carbons (Fsp3) is 0.579. The molecular weight excluding hydrogens is 320 g/mol. The van der Waals surface area contributed by atoms with Gasteiger partial charge in [-0.1, -0.05) is 6.07 Å². The Morgan fingerprint density at radius 2 is 2.08 bits per heavy atom. The summed E-state index contributed by atoms with van der Waals surface area (Å²) in [5.41, 5.74) is 0. The molecule has 6 heteroatoms. The third kappa shape index (κ3) is 4.65. The van der Waals surface area contributed by atoms with Gasteiger partial charge in [0.1, 0.15) is 11.5 Å². The van der Waals surface area contributed by atoms with E-state index >= 15 is 0 Å². The Hall–Kier alpha value is -2.24. The molecule has 6 nitrogen and oxygen atoms in total. The standard InChI is InChI=1S/C19H26N2O4/c1-24-16-6-2-7-17(11-16)25-14-15-5-3-9-20(12-15)19(23)13-21-10-4-8-18(21)22/h2,6-7,11,15H,3-5,8-10,12-14H2,1H3. The van der Waals surface area contributed by atoms with Crippen molar-refractivity contribution in [2.24, 2.45) is 5.92 Å². The summed E-state index contributed by atoms with van der Waals surface area (Å²) in [5.74, 6) is 2.03. The lowest BCUT2D eigenvalue weighted by Crippen LogP contribution is -2.46. The molecule has 2 fully saturated rings. The van der Waals surface area contributed by atoms with Gasteiger partial charge in [-0.05, 0) is 31.4 Å². The molecule has 0 spiro atoms. The van der Waals surface area contributed by atoms with E-state index in [1.165, 1.54) is 0 Å². The van der Waals surface area contributed by atoms with Crippen molar-refractivity contribution >= 4 is 11.8 Å². The summed E-state index contributed by atoms with van der Waals surface area (Å²) >= 11 is 0. The zero-order valence-corrected chi connectivity index (χ0v) is 14.8. The maximum absolute atomic E-state index is 12.5. The smallest absolute Gasteiger partial charge is 0.242 e. The van der Waals surface area contributed by atoms with Crippen molar-refractivity contribution in [1.82, 2.24) is 9.80 Å². The molecule has 1 atom stereocenters. The maximum atomic E-state index is 12.5. The highest BCUT2D eigenvalue weighted by Gasteiger charge is 2.28. The normalized spacial score (nSPS) is 20.7. The first-order chi connectivity index (χ1) is 12.2. The summed E-state index contributed by atoms with van der Waals surface area (Å²) in [6, 6.07) is 7.56. The van der Waals surface area contributed by atoms with Gasteiger partial charge in [-0.25, -0.2) is 0 Å². The van der Waals surface area contributed by atoms with Crippen LogP contribution in [0.15, 0.2) is 24.3 Å². The van der Waals surface area contributed by atoms with E-state index in [0.717, 1.165) is 37.3 Å². The van der Waals surface area contributed by atoms with Gasteiger partial charge in [0, 0.05) is 38.0 Å². The summed E-state index contributed by atoms with van der Waals surface area (Å²) in [4.78, 5) is 27.7. The number of methoxy groups -OCH3 is 1. The van der Waals surface area contributed by atoms with Crippen molar-refractivity contribution in [3.63, 3.8) is 0 Å². The van der Waals surface area contributed by atoms with E-state index in [-0.39, 0.29) is 18.4 Å². The largest absolute Gasteiger partial charge is 0.497 e. The second-order valence-electron chi connectivity index (χ2n) is 6.76. The van der Waals surface area contributed by atoms with Crippen LogP contribution in [0.3, 0.4) is 0 Å². The van der Waals surface area contributed by atoms with Crippen LogP contribution >= 0.6 is 0 Å². The van der Waals surface area contributed by atoms with Gasteiger partial charge in [-0.15, -0.1) is 0 Å². The summed E-state index contributed by atoms with van der Waals surface area (Å²) in [6.07, 6.45) is 3.47. The number of rotatable bonds is 6. The van der Waals surface area contributed by atoms with Gasteiger partial charge >= 0.3 is 0 Å². The minimum Gasteiger partial charge on any atom is -0.497 e. The molecule has 0 aliphatic carbocycles. The third-order valence-corrected chi connectivity index (χ3v) is 4.90. The zero-order valence-electron chi connectivity index (χ0n) is 14.8. The molecule has 0 radical (unpaired) electrons. The van der Waals surface area contributed by atoms with Crippen molar-refractivity contribution in [3.05, 3.63) is 24.3 Å². The number of hydrogen-bond donors (Lipinski definition) is 0.